The first-order valence-electron chi connectivity index (χ1n) is 9.20. The molecule has 0 N–H and O–H groups in total. The first kappa shape index (κ1) is 15.6. The van der Waals surface area contributed by atoms with Crippen LogP contribution in [0.1, 0.15) is 67.9 Å². The molecule has 0 radical (unpaired) electrons. The monoisotopic (exact) mass is 328 g/mol. The maximum atomic E-state index is 12.5. The molecule has 2 aliphatic rings. The Balaban J connectivity index is 1.46. The maximum Gasteiger partial charge on any atom is 0.340 e. The minimum absolute atomic E-state index is 0.0562. The van der Waals surface area contributed by atoms with E-state index in [1.807, 2.05) is 6.92 Å². The van der Waals surface area contributed by atoms with E-state index in [0.717, 1.165) is 42.2 Å². The van der Waals surface area contributed by atoms with Gasteiger partial charge < -0.3 is 9.26 Å². The van der Waals surface area contributed by atoms with Gasteiger partial charge in [-0.1, -0.05) is 37.8 Å². The highest BCUT2D eigenvalue weighted by Gasteiger charge is 2.33. The van der Waals surface area contributed by atoms with Crippen molar-refractivity contribution >= 4 is 17.1 Å². The molecule has 5 nitrogen and oxygen atoms in total. The molecule has 2 aromatic rings. The predicted molar refractivity (Wildman–Crippen MR) is 89.7 cm³/mol. The largest absolute Gasteiger partial charge is 0.459 e. The fraction of sp³-hybridized carbons (Fsp3) is 0.632. The molecule has 0 aliphatic heterocycles. The van der Waals surface area contributed by atoms with Gasteiger partial charge in [-0.15, -0.1) is 0 Å². The van der Waals surface area contributed by atoms with Crippen LogP contribution in [0.4, 0.5) is 0 Å². The molecule has 2 aromatic heterocycles. The summed E-state index contributed by atoms with van der Waals surface area (Å²) in [6, 6.07) is 1.80. The summed E-state index contributed by atoms with van der Waals surface area (Å²) in [6.07, 6.45) is 10.9. The summed E-state index contributed by atoms with van der Waals surface area (Å²) < 4.78 is 11.0. The zero-order chi connectivity index (χ0) is 16.5. The molecule has 24 heavy (non-hydrogen) atoms. The van der Waals surface area contributed by atoms with E-state index in [4.69, 9.17) is 9.26 Å². The molecule has 5 heteroatoms. The lowest BCUT2D eigenvalue weighted by atomic mass is 9.70. The average molecular weight is 328 g/mol. The Labute approximate surface area is 141 Å². The number of hydrogen-bond acceptors (Lipinski definition) is 5. The third kappa shape index (κ3) is 2.92. The van der Waals surface area contributed by atoms with Crippen LogP contribution in [-0.4, -0.2) is 22.2 Å². The summed E-state index contributed by atoms with van der Waals surface area (Å²) in [5.41, 5.74) is 1.80. The Kier molecular flexibility index (Phi) is 4.25. The minimum atomic E-state index is -0.271. The zero-order valence-electron chi connectivity index (χ0n) is 14.2. The normalized spacial score (nSPS) is 27.0. The van der Waals surface area contributed by atoms with E-state index in [-0.39, 0.29) is 12.1 Å². The van der Waals surface area contributed by atoms with Gasteiger partial charge in [0.2, 0.25) is 0 Å². The fourth-order valence-corrected chi connectivity index (χ4v) is 4.40. The van der Waals surface area contributed by atoms with Crippen LogP contribution in [0.5, 0.6) is 0 Å². The van der Waals surface area contributed by atoms with Gasteiger partial charge in [0.05, 0.1) is 16.6 Å². The highest BCUT2D eigenvalue weighted by molar-refractivity contribution is 5.93. The molecular weight excluding hydrogens is 304 g/mol. The minimum Gasteiger partial charge on any atom is -0.459 e. The van der Waals surface area contributed by atoms with Crippen LogP contribution in [0.3, 0.4) is 0 Å². The molecule has 2 heterocycles. The lowest BCUT2D eigenvalue weighted by molar-refractivity contribution is -0.000943. The van der Waals surface area contributed by atoms with Gasteiger partial charge in [-0.2, -0.15) is 0 Å². The van der Waals surface area contributed by atoms with Crippen LogP contribution >= 0.6 is 0 Å². The van der Waals surface area contributed by atoms with E-state index < -0.39 is 0 Å². The number of fused-ring (bicyclic) bond motifs is 2. The average Bonchev–Trinajstić information content (AvgIpc) is 3.04. The summed E-state index contributed by atoms with van der Waals surface area (Å²) in [6.45, 7) is 2.00. The SMILES string of the molecule is CCc1noc2ncc(C(=O)O[C@@H]3CC[C@@H]4CCCC[C@H]4C3)cc12. The summed E-state index contributed by atoms with van der Waals surface area (Å²) in [7, 11) is 0. The summed E-state index contributed by atoms with van der Waals surface area (Å²) >= 11 is 0. The summed E-state index contributed by atoms with van der Waals surface area (Å²) in [5, 5.41) is 4.79. The Hall–Kier alpha value is -1.91. The van der Waals surface area contributed by atoms with E-state index in [1.54, 1.807) is 6.07 Å². The molecule has 0 spiro atoms. The van der Waals surface area contributed by atoms with E-state index in [9.17, 15) is 4.79 Å². The van der Waals surface area contributed by atoms with E-state index in [1.165, 1.54) is 38.3 Å². The second-order valence-electron chi connectivity index (χ2n) is 7.20. The lowest BCUT2D eigenvalue weighted by Crippen LogP contribution is -2.33. The van der Waals surface area contributed by atoms with Gasteiger partial charge in [0, 0.05) is 6.20 Å². The van der Waals surface area contributed by atoms with Crippen molar-refractivity contribution in [1.82, 2.24) is 10.1 Å². The number of carbonyl (C=O) groups excluding carboxylic acids is 1. The van der Waals surface area contributed by atoms with Gasteiger partial charge in [-0.05, 0) is 43.6 Å². The second-order valence-corrected chi connectivity index (χ2v) is 7.20. The molecule has 128 valence electrons. The number of aromatic nitrogens is 2. The lowest BCUT2D eigenvalue weighted by Gasteiger charge is -2.38. The molecule has 0 amide bonds. The quantitative estimate of drug-likeness (QED) is 0.786. The number of nitrogens with zero attached hydrogens (tertiary/aromatic N) is 2. The van der Waals surface area contributed by atoms with Crippen molar-refractivity contribution in [3.05, 3.63) is 23.5 Å². The standard InChI is InChI=1S/C19H24N2O3/c1-2-17-16-10-14(11-20-18(16)24-21-17)19(22)23-15-8-7-12-5-3-4-6-13(12)9-15/h10-13,15H,2-9H2,1H3/t12-,13-,15+/m0/s1. The van der Waals surface area contributed by atoms with Crippen molar-refractivity contribution in [3.8, 4) is 0 Å². The molecule has 2 aliphatic carbocycles. The van der Waals surface area contributed by atoms with Gasteiger partial charge >= 0.3 is 5.97 Å². The van der Waals surface area contributed by atoms with Gasteiger partial charge in [0.1, 0.15) is 6.10 Å². The number of carbonyl (C=O) groups is 1. The molecule has 3 atom stereocenters. The van der Waals surface area contributed by atoms with E-state index in [0.29, 0.717) is 11.3 Å². The van der Waals surface area contributed by atoms with Crippen molar-refractivity contribution in [2.24, 2.45) is 11.8 Å². The van der Waals surface area contributed by atoms with Crippen LogP contribution in [0.15, 0.2) is 16.8 Å². The van der Waals surface area contributed by atoms with Crippen LogP contribution in [-0.2, 0) is 11.2 Å². The molecule has 0 aromatic carbocycles. The van der Waals surface area contributed by atoms with Crippen molar-refractivity contribution < 1.29 is 14.1 Å². The highest BCUT2D eigenvalue weighted by atomic mass is 16.5. The van der Waals surface area contributed by atoms with Crippen molar-refractivity contribution in [3.63, 3.8) is 0 Å². The number of ether oxygens (including phenoxy) is 1. The van der Waals surface area contributed by atoms with E-state index in [2.05, 4.69) is 10.1 Å². The van der Waals surface area contributed by atoms with Crippen LogP contribution in [0, 0.1) is 11.8 Å². The Morgan fingerprint density at radius 1 is 1.25 bits per heavy atom. The Bertz CT molecular complexity index is 739. The molecule has 0 unspecified atom stereocenters. The number of aryl methyl sites for hydroxylation is 1. The highest BCUT2D eigenvalue weighted by Crippen LogP contribution is 2.41. The number of pyridine rings is 1. The first-order chi connectivity index (χ1) is 11.7. The predicted octanol–water partition coefficient (Wildman–Crippen LogP) is 4.30. The third-order valence-corrected chi connectivity index (χ3v) is 5.74. The van der Waals surface area contributed by atoms with Gasteiger partial charge in [-0.25, -0.2) is 9.78 Å². The molecule has 2 fully saturated rings. The molecule has 4 rings (SSSR count). The maximum absolute atomic E-state index is 12.5. The molecule has 2 saturated carbocycles. The smallest absolute Gasteiger partial charge is 0.340 e. The van der Waals surface area contributed by atoms with Gasteiger partial charge in [-0.3, -0.25) is 0 Å². The van der Waals surface area contributed by atoms with Crippen LogP contribution in [0.2, 0.25) is 0 Å². The molecular formula is C19H24N2O3. The summed E-state index contributed by atoms with van der Waals surface area (Å²) in [5.74, 6) is 1.33. The van der Waals surface area contributed by atoms with Crippen LogP contribution in [0.25, 0.3) is 11.1 Å². The topological polar surface area (TPSA) is 65.2 Å². The number of rotatable bonds is 3. The Morgan fingerprint density at radius 2 is 2.08 bits per heavy atom. The van der Waals surface area contributed by atoms with Crippen molar-refractivity contribution in [2.45, 2.75) is 64.4 Å². The molecule has 0 bridgehead atoms. The number of hydrogen-bond donors (Lipinski definition) is 0. The van der Waals surface area contributed by atoms with Gasteiger partial charge in [0.15, 0.2) is 0 Å². The fourth-order valence-electron chi connectivity index (χ4n) is 4.40. The Morgan fingerprint density at radius 3 is 2.92 bits per heavy atom. The summed E-state index contributed by atoms with van der Waals surface area (Å²) in [4.78, 5) is 16.7. The van der Waals surface area contributed by atoms with Crippen LogP contribution < -0.4 is 0 Å². The van der Waals surface area contributed by atoms with Gasteiger partial charge in [0.25, 0.3) is 5.71 Å². The zero-order valence-corrected chi connectivity index (χ0v) is 14.2. The number of esters is 1. The van der Waals surface area contributed by atoms with Crippen molar-refractivity contribution in [2.75, 3.05) is 0 Å². The van der Waals surface area contributed by atoms with Crippen molar-refractivity contribution in [1.29, 1.82) is 0 Å². The molecule has 0 saturated heterocycles. The first-order valence-corrected chi connectivity index (χ1v) is 9.20. The second kappa shape index (κ2) is 6.54. The van der Waals surface area contributed by atoms with E-state index >= 15 is 0 Å². The third-order valence-electron chi connectivity index (χ3n) is 5.74.